The molecule has 1 N–H and O–H groups in total. The number of carbonyl (C=O) groups is 1. The van der Waals surface area contributed by atoms with Crippen LogP contribution in [0, 0.1) is 0 Å². The molecule has 0 unspecified atom stereocenters. The third kappa shape index (κ3) is 1.69. The smallest absolute Gasteiger partial charge is 0.331 e. The van der Waals surface area contributed by atoms with E-state index in [9.17, 15) is 4.79 Å². The lowest BCUT2D eigenvalue weighted by atomic mass is 10.0. The highest BCUT2D eigenvalue weighted by Gasteiger charge is 2.21. The number of rotatable bonds is 2. The van der Waals surface area contributed by atoms with Crippen LogP contribution in [0.3, 0.4) is 0 Å². The molecule has 0 heterocycles. The van der Waals surface area contributed by atoms with Gasteiger partial charge in [0.15, 0.2) is 0 Å². The van der Waals surface area contributed by atoms with Gasteiger partial charge in [0.05, 0.1) is 7.11 Å². The molecule has 16 heavy (non-hydrogen) atoms. The lowest BCUT2D eigenvalue weighted by Gasteiger charge is -2.06. The lowest BCUT2D eigenvalue weighted by Crippen LogP contribution is -1.99. The first-order valence-electron chi connectivity index (χ1n) is 5.24. The molecule has 0 aromatic heterocycles. The van der Waals surface area contributed by atoms with Crippen molar-refractivity contribution in [1.29, 1.82) is 0 Å². The van der Waals surface area contributed by atoms with Gasteiger partial charge in [-0.05, 0) is 48.6 Å². The minimum atomic E-state index is -0.842. The molecule has 0 atom stereocenters. The standard InChI is InChI=1S/C13H14O3/c1-8(13(14)15)11-6-4-9-3-5-10(16-2)7-12(9)11/h3,5,7H,4,6H2,1-2H3,(H,14,15). The summed E-state index contributed by atoms with van der Waals surface area (Å²) in [4.78, 5) is 11.0. The molecule has 0 radical (unpaired) electrons. The zero-order valence-corrected chi connectivity index (χ0v) is 9.41. The summed E-state index contributed by atoms with van der Waals surface area (Å²) in [7, 11) is 1.62. The van der Waals surface area contributed by atoms with Crippen LogP contribution >= 0.6 is 0 Å². The topological polar surface area (TPSA) is 46.5 Å². The zero-order chi connectivity index (χ0) is 11.7. The highest BCUT2D eigenvalue weighted by Crippen LogP contribution is 2.36. The molecule has 1 aliphatic rings. The number of allylic oxidation sites excluding steroid dienone is 1. The van der Waals surface area contributed by atoms with Crippen molar-refractivity contribution in [1.82, 2.24) is 0 Å². The van der Waals surface area contributed by atoms with Gasteiger partial charge < -0.3 is 9.84 Å². The van der Waals surface area contributed by atoms with Crippen LogP contribution in [-0.2, 0) is 11.2 Å². The van der Waals surface area contributed by atoms with Gasteiger partial charge in [-0.25, -0.2) is 4.79 Å². The Morgan fingerprint density at radius 1 is 1.38 bits per heavy atom. The van der Waals surface area contributed by atoms with Gasteiger partial charge in [-0.2, -0.15) is 0 Å². The fourth-order valence-corrected chi connectivity index (χ4v) is 2.09. The Bertz CT molecular complexity index is 472. The summed E-state index contributed by atoms with van der Waals surface area (Å²) in [5.74, 6) is -0.0676. The highest BCUT2D eigenvalue weighted by molar-refractivity contribution is 5.97. The summed E-state index contributed by atoms with van der Waals surface area (Å²) >= 11 is 0. The van der Waals surface area contributed by atoms with E-state index >= 15 is 0 Å². The molecule has 0 saturated heterocycles. The van der Waals surface area contributed by atoms with Gasteiger partial charge in [-0.3, -0.25) is 0 Å². The number of hydrogen-bond acceptors (Lipinski definition) is 2. The SMILES string of the molecule is COc1ccc2c(c1)C(=C(C)C(=O)O)CC2. The fourth-order valence-electron chi connectivity index (χ4n) is 2.09. The number of aliphatic carboxylic acids is 1. The summed E-state index contributed by atoms with van der Waals surface area (Å²) in [5.41, 5.74) is 3.60. The Labute approximate surface area is 94.4 Å². The number of carboxylic acid groups (broad SMARTS) is 1. The third-order valence-corrected chi connectivity index (χ3v) is 3.06. The van der Waals surface area contributed by atoms with Crippen LogP contribution in [-0.4, -0.2) is 18.2 Å². The summed E-state index contributed by atoms with van der Waals surface area (Å²) < 4.78 is 5.16. The molecule has 0 saturated carbocycles. The maximum atomic E-state index is 11.0. The first-order valence-corrected chi connectivity index (χ1v) is 5.24. The molecule has 1 aromatic rings. The highest BCUT2D eigenvalue weighted by atomic mass is 16.5. The molecule has 84 valence electrons. The van der Waals surface area contributed by atoms with Crippen LogP contribution in [0.15, 0.2) is 23.8 Å². The molecular formula is C13H14O3. The van der Waals surface area contributed by atoms with Crippen molar-refractivity contribution in [2.45, 2.75) is 19.8 Å². The van der Waals surface area contributed by atoms with Crippen molar-refractivity contribution in [3.63, 3.8) is 0 Å². The van der Waals surface area contributed by atoms with Gasteiger partial charge in [-0.1, -0.05) is 6.07 Å². The number of benzene rings is 1. The Balaban J connectivity index is 2.53. The normalized spacial score (nSPS) is 16.9. The van der Waals surface area contributed by atoms with Crippen molar-refractivity contribution in [3.8, 4) is 5.75 Å². The van der Waals surface area contributed by atoms with E-state index in [4.69, 9.17) is 9.84 Å². The largest absolute Gasteiger partial charge is 0.497 e. The van der Waals surface area contributed by atoms with Crippen molar-refractivity contribution in [2.75, 3.05) is 7.11 Å². The van der Waals surface area contributed by atoms with Gasteiger partial charge in [0.25, 0.3) is 0 Å². The first kappa shape index (κ1) is 10.7. The van der Waals surface area contributed by atoms with Gasteiger partial charge in [0.1, 0.15) is 5.75 Å². The van der Waals surface area contributed by atoms with E-state index in [0.717, 1.165) is 29.7 Å². The molecule has 2 rings (SSSR count). The summed E-state index contributed by atoms with van der Waals surface area (Å²) in [6.07, 6.45) is 1.72. The van der Waals surface area contributed by atoms with E-state index in [1.165, 1.54) is 5.56 Å². The maximum Gasteiger partial charge on any atom is 0.331 e. The number of aryl methyl sites for hydroxylation is 1. The Morgan fingerprint density at radius 3 is 2.75 bits per heavy atom. The predicted molar refractivity (Wildman–Crippen MR) is 61.5 cm³/mol. The molecule has 0 amide bonds. The second kappa shape index (κ2) is 4.00. The lowest BCUT2D eigenvalue weighted by molar-refractivity contribution is -0.132. The Hall–Kier alpha value is -1.77. The van der Waals surface area contributed by atoms with Crippen LogP contribution in [0.1, 0.15) is 24.5 Å². The molecule has 0 aliphatic heterocycles. The quantitative estimate of drug-likeness (QED) is 0.776. The van der Waals surface area contributed by atoms with E-state index in [-0.39, 0.29) is 0 Å². The maximum absolute atomic E-state index is 11.0. The number of hydrogen-bond donors (Lipinski definition) is 1. The molecule has 3 nitrogen and oxygen atoms in total. The van der Waals surface area contributed by atoms with Crippen molar-refractivity contribution in [2.24, 2.45) is 0 Å². The van der Waals surface area contributed by atoms with Crippen LogP contribution in [0.4, 0.5) is 0 Å². The van der Waals surface area contributed by atoms with Crippen molar-refractivity contribution in [3.05, 3.63) is 34.9 Å². The number of ether oxygens (including phenoxy) is 1. The molecule has 0 bridgehead atoms. The van der Waals surface area contributed by atoms with Crippen LogP contribution in [0.25, 0.3) is 5.57 Å². The van der Waals surface area contributed by atoms with E-state index in [1.807, 2.05) is 18.2 Å². The average Bonchev–Trinajstić information content (AvgIpc) is 2.70. The summed E-state index contributed by atoms with van der Waals surface area (Å²) in [6, 6.07) is 5.85. The summed E-state index contributed by atoms with van der Waals surface area (Å²) in [5, 5.41) is 9.01. The fraction of sp³-hybridized carbons (Fsp3) is 0.308. The Kier molecular flexibility index (Phi) is 2.69. The third-order valence-electron chi connectivity index (χ3n) is 3.06. The van der Waals surface area contributed by atoms with Crippen LogP contribution in [0.2, 0.25) is 0 Å². The predicted octanol–water partition coefficient (Wildman–Crippen LogP) is 2.50. The number of methoxy groups -OCH3 is 1. The average molecular weight is 218 g/mol. The summed E-state index contributed by atoms with van der Waals surface area (Å²) in [6.45, 7) is 1.66. The van der Waals surface area contributed by atoms with Crippen LogP contribution < -0.4 is 4.74 Å². The molecule has 0 fully saturated rings. The number of carboxylic acids is 1. The minimum Gasteiger partial charge on any atom is -0.497 e. The van der Waals surface area contributed by atoms with Crippen molar-refractivity contribution >= 4 is 11.5 Å². The van der Waals surface area contributed by atoms with E-state index in [1.54, 1.807) is 14.0 Å². The second-order valence-corrected chi connectivity index (χ2v) is 3.93. The minimum absolute atomic E-state index is 0.437. The van der Waals surface area contributed by atoms with Crippen molar-refractivity contribution < 1.29 is 14.6 Å². The molecule has 1 aliphatic carbocycles. The molecule has 1 aromatic carbocycles. The molecule has 3 heteroatoms. The Morgan fingerprint density at radius 2 is 2.12 bits per heavy atom. The van der Waals surface area contributed by atoms with E-state index in [2.05, 4.69) is 0 Å². The van der Waals surface area contributed by atoms with Gasteiger partial charge >= 0.3 is 5.97 Å². The van der Waals surface area contributed by atoms with Gasteiger partial charge in [0, 0.05) is 5.57 Å². The number of fused-ring (bicyclic) bond motifs is 1. The van der Waals surface area contributed by atoms with E-state index < -0.39 is 5.97 Å². The van der Waals surface area contributed by atoms with Gasteiger partial charge in [0.2, 0.25) is 0 Å². The zero-order valence-electron chi connectivity index (χ0n) is 9.41. The van der Waals surface area contributed by atoms with E-state index in [0.29, 0.717) is 5.57 Å². The van der Waals surface area contributed by atoms with Gasteiger partial charge in [-0.15, -0.1) is 0 Å². The second-order valence-electron chi connectivity index (χ2n) is 3.93. The monoisotopic (exact) mass is 218 g/mol. The first-order chi connectivity index (χ1) is 7.63. The molecule has 0 spiro atoms. The van der Waals surface area contributed by atoms with Crippen LogP contribution in [0.5, 0.6) is 5.75 Å². The molecular weight excluding hydrogens is 204 g/mol.